The van der Waals surface area contributed by atoms with Gasteiger partial charge in [0.05, 0.1) is 12.6 Å². The van der Waals surface area contributed by atoms with Crippen LogP contribution in [0.4, 0.5) is 0 Å². The highest BCUT2D eigenvalue weighted by Crippen LogP contribution is 2.25. The lowest BCUT2D eigenvalue weighted by Crippen LogP contribution is -2.42. The van der Waals surface area contributed by atoms with Crippen LogP contribution in [0, 0.1) is 0 Å². The van der Waals surface area contributed by atoms with E-state index in [1.807, 2.05) is 0 Å². The summed E-state index contributed by atoms with van der Waals surface area (Å²) in [5.41, 5.74) is 6.35. The van der Waals surface area contributed by atoms with Crippen LogP contribution < -0.4 is 11.1 Å². The molecule has 1 rings (SSSR count). The molecule has 0 aromatic heterocycles. The molecule has 1 amide bonds. The maximum Gasteiger partial charge on any atom is 0.237 e. The van der Waals surface area contributed by atoms with E-state index in [1.54, 1.807) is 6.07 Å². The van der Waals surface area contributed by atoms with Gasteiger partial charge in [0.2, 0.25) is 5.91 Å². The van der Waals surface area contributed by atoms with Crippen LogP contribution in [0.1, 0.15) is 5.56 Å². The second kappa shape index (κ2) is 6.28. The van der Waals surface area contributed by atoms with Gasteiger partial charge < -0.3 is 21.3 Å². The fourth-order valence-electron chi connectivity index (χ4n) is 1.36. The van der Waals surface area contributed by atoms with Gasteiger partial charge in [-0.2, -0.15) is 0 Å². The number of aromatic hydroxyl groups is 2. The standard InChI is InChI=1S/C12H15ClN2O3/c1-7(13)6-15-12(18)9(14)4-8-2-3-10(16)11(17)5-8/h2-3,5,9,16-17H,1,4,6,14H2,(H,15,18)/t9-/m0/s1. The number of rotatable bonds is 5. The van der Waals surface area contributed by atoms with Gasteiger partial charge in [-0.3, -0.25) is 4.79 Å². The normalized spacial score (nSPS) is 11.9. The van der Waals surface area contributed by atoms with Crippen LogP contribution in [0.15, 0.2) is 29.8 Å². The van der Waals surface area contributed by atoms with Gasteiger partial charge in [-0.05, 0) is 24.1 Å². The fourth-order valence-corrected chi connectivity index (χ4v) is 1.42. The predicted octanol–water partition coefficient (Wildman–Crippen LogP) is 0.836. The Morgan fingerprint density at radius 1 is 1.44 bits per heavy atom. The number of phenols is 2. The summed E-state index contributed by atoms with van der Waals surface area (Å²) in [7, 11) is 0. The molecule has 0 aliphatic carbocycles. The number of amides is 1. The maximum atomic E-state index is 11.6. The number of halogens is 1. The Hall–Kier alpha value is -1.72. The largest absolute Gasteiger partial charge is 0.504 e. The summed E-state index contributed by atoms with van der Waals surface area (Å²) >= 11 is 5.51. The van der Waals surface area contributed by atoms with Crippen molar-refractivity contribution in [1.82, 2.24) is 5.32 Å². The van der Waals surface area contributed by atoms with Crippen LogP contribution in [-0.2, 0) is 11.2 Å². The number of hydrogen-bond donors (Lipinski definition) is 4. The highest BCUT2D eigenvalue weighted by atomic mass is 35.5. The van der Waals surface area contributed by atoms with Crippen molar-refractivity contribution >= 4 is 17.5 Å². The molecule has 0 heterocycles. The molecule has 0 fully saturated rings. The van der Waals surface area contributed by atoms with E-state index in [2.05, 4.69) is 11.9 Å². The van der Waals surface area contributed by atoms with Crippen molar-refractivity contribution in [2.45, 2.75) is 12.5 Å². The number of nitrogens with two attached hydrogens (primary N) is 1. The number of nitrogens with one attached hydrogen (secondary N) is 1. The minimum absolute atomic E-state index is 0.162. The molecule has 0 saturated carbocycles. The van der Waals surface area contributed by atoms with E-state index < -0.39 is 6.04 Å². The minimum Gasteiger partial charge on any atom is -0.504 e. The van der Waals surface area contributed by atoms with Gasteiger partial charge in [0.1, 0.15) is 0 Å². The fraction of sp³-hybridized carbons (Fsp3) is 0.250. The van der Waals surface area contributed by atoms with Gasteiger partial charge in [0.25, 0.3) is 0 Å². The first kappa shape index (κ1) is 14.3. The van der Waals surface area contributed by atoms with Crippen LogP contribution in [0.3, 0.4) is 0 Å². The molecule has 0 aliphatic heterocycles. The zero-order valence-corrected chi connectivity index (χ0v) is 10.4. The molecular weight excluding hydrogens is 256 g/mol. The van der Waals surface area contributed by atoms with Crippen molar-refractivity contribution in [2.75, 3.05) is 6.54 Å². The van der Waals surface area contributed by atoms with Crippen LogP contribution in [0.5, 0.6) is 11.5 Å². The highest BCUT2D eigenvalue weighted by Gasteiger charge is 2.14. The Morgan fingerprint density at radius 2 is 2.11 bits per heavy atom. The number of carbonyl (C=O) groups excluding carboxylic acids is 1. The number of phenolic OH excluding ortho intramolecular Hbond substituents is 2. The molecule has 1 atom stereocenters. The molecule has 6 heteroatoms. The SMILES string of the molecule is C=C(Cl)CNC(=O)[C@@H](N)Cc1ccc(O)c(O)c1. The third-order valence-corrected chi connectivity index (χ3v) is 2.42. The first-order chi connectivity index (χ1) is 8.40. The van der Waals surface area contributed by atoms with E-state index in [1.165, 1.54) is 12.1 Å². The molecule has 0 spiro atoms. The van der Waals surface area contributed by atoms with E-state index in [4.69, 9.17) is 22.4 Å². The summed E-state index contributed by atoms with van der Waals surface area (Å²) in [6, 6.07) is 3.53. The van der Waals surface area contributed by atoms with Crippen molar-refractivity contribution < 1.29 is 15.0 Å². The van der Waals surface area contributed by atoms with Crippen molar-refractivity contribution in [1.29, 1.82) is 0 Å². The number of carbonyl (C=O) groups is 1. The summed E-state index contributed by atoms with van der Waals surface area (Å²) in [6.07, 6.45) is 0.244. The van der Waals surface area contributed by atoms with E-state index >= 15 is 0 Å². The van der Waals surface area contributed by atoms with Gasteiger partial charge in [0, 0.05) is 5.03 Å². The molecule has 0 aliphatic rings. The molecule has 0 bridgehead atoms. The smallest absolute Gasteiger partial charge is 0.237 e. The van der Waals surface area contributed by atoms with E-state index in [0.29, 0.717) is 10.6 Å². The molecule has 0 unspecified atom stereocenters. The monoisotopic (exact) mass is 270 g/mol. The van der Waals surface area contributed by atoms with Gasteiger partial charge >= 0.3 is 0 Å². The zero-order chi connectivity index (χ0) is 13.7. The highest BCUT2D eigenvalue weighted by molar-refractivity contribution is 6.29. The number of benzene rings is 1. The second-order valence-electron chi connectivity index (χ2n) is 3.87. The molecule has 5 N–H and O–H groups in total. The van der Waals surface area contributed by atoms with Crippen LogP contribution in [-0.4, -0.2) is 28.7 Å². The minimum atomic E-state index is -0.759. The van der Waals surface area contributed by atoms with Crippen LogP contribution in [0.25, 0.3) is 0 Å². The molecule has 1 aromatic rings. The lowest BCUT2D eigenvalue weighted by Gasteiger charge is -2.12. The third-order valence-electron chi connectivity index (χ3n) is 2.29. The summed E-state index contributed by atoms with van der Waals surface area (Å²) in [5.74, 6) is -0.811. The van der Waals surface area contributed by atoms with Crippen LogP contribution >= 0.6 is 11.6 Å². The van der Waals surface area contributed by atoms with Crippen LogP contribution in [0.2, 0.25) is 0 Å². The Bertz CT molecular complexity index is 463. The maximum absolute atomic E-state index is 11.6. The summed E-state index contributed by atoms with van der Waals surface area (Å²) in [6.45, 7) is 3.60. The molecular formula is C12H15ClN2O3. The molecule has 0 radical (unpaired) electrons. The Kier molecular flexibility index (Phi) is 5.00. The van der Waals surface area contributed by atoms with Gasteiger partial charge in [0.15, 0.2) is 11.5 Å². The van der Waals surface area contributed by atoms with E-state index in [-0.39, 0.29) is 30.4 Å². The van der Waals surface area contributed by atoms with E-state index in [0.717, 1.165) is 0 Å². The quantitative estimate of drug-likeness (QED) is 0.596. The van der Waals surface area contributed by atoms with Gasteiger partial charge in [-0.25, -0.2) is 0 Å². The van der Waals surface area contributed by atoms with Crippen molar-refractivity contribution in [2.24, 2.45) is 5.73 Å². The average Bonchev–Trinajstić information content (AvgIpc) is 2.30. The van der Waals surface area contributed by atoms with Crippen molar-refractivity contribution in [3.63, 3.8) is 0 Å². The summed E-state index contributed by atoms with van der Waals surface area (Å²) in [5, 5.41) is 21.3. The second-order valence-corrected chi connectivity index (χ2v) is 4.40. The summed E-state index contributed by atoms with van der Waals surface area (Å²) < 4.78 is 0. The Balaban J connectivity index is 2.58. The molecule has 5 nitrogen and oxygen atoms in total. The zero-order valence-electron chi connectivity index (χ0n) is 9.69. The lowest BCUT2D eigenvalue weighted by atomic mass is 10.1. The third kappa shape index (κ3) is 4.27. The average molecular weight is 271 g/mol. The molecule has 0 saturated heterocycles. The topological polar surface area (TPSA) is 95.6 Å². The Morgan fingerprint density at radius 3 is 2.67 bits per heavy atom. The summed E-state index contributed by atoms with van der Waals surface area (Å²) in [4.78, 5) is 11.6. The van der Waals surface area contributed by atoms with E-state index in [9.17, 15) is 9.90 Å². The lowest BCUT2D eigenvalue weighted by molar-refractivity contribution is -0.122. The first-order valence-corrected chi connectivity index (χ1v) is 5.65. The van der Waals surface area contributed by atoms with Gasteiger partial charge in [-0.15, -0.1) is 0 Å². The Labute approximate surface area is 110 Å². The first-order valence-electron chi connectivity index (χ1n) is 5.27. The molecule has 1 aromatic carbocycles. The molecule has 98 valence electrons. The molecule has 18 heavy (non-hydrogen) atoms. The van der Waals surface area contributed by atoms with Gasteiger partial charge in [-0.1, -0.05) is 24.2 Å². The van der Waals surface area contributed by atoms with Crippen molar-refractivity contribution in [3.8, 4) is 11.5 Å². The van der Waals surface area contributed by atoms with Crippen molar-refractivity contribution in [3.05, 3.63) is 35.4 Å². The number of hydrogen-bond acceptors (Lipinski definition) is 4. The predicted molar refractivity (Wildman–Crippen MR) is 69.5 cm³/mol.